The van der Waals surface area contributed by atoms with E-state index >= 15 is 0 Å². The molecule has 0 bridgehead atoms. The zero-order valence-corrected chi connectivity index (χ0v) is 15.7. The van der Waals surface area contributed by atoms with Gasteiger partial charge < -0.3 is 15.4 Å². The Labute approximate surface area is 166 Å². The Kier molecular flexibility index (Phi) is 5.12. The fourth-order valence-electron chi connectivity index (χ4n) is 3.00. The van der Waals surface area contributed by atoms with Crippen LogP contribution < -0.4 is 10.6 Å². The highest BCUT2D eigenvalue weighted by atomic mass is 16.3. The Balaban J connectivity index is 1.86. The van der Waals surface area contributed by atoms with Crippen LogP contribution in [0.5, 0.6) is 0 Å². The quantitative estimate of drug-likeness (QED) is 0.415. The molecule has 0 aliphatic rings. The van der Waals surface area contributed by atoms with Crippen molar-refractivity contribution in [2.45, 2.75) is 13.5 Å². The Morgan fingerprint density at radius 3 is 2.72 bits per heavy atom. The smallest absolute Gasteiger partial charge is 0.321 e. The maximum atomic E-state index is 11.9. The average Bonchev–Trinajstić information content (AvgIpc) is 3.16. The molecule has 0 radical (unpaired) electrons. The number of benzene rings is 1. The van der Waals surface area contributed by atoms with Crippen molar-refractivity contribution < 1.29 is 9.90 Å². The number of amides is 2. The van der Waals surface area contributed by atoms with Crippen LogP contribution in [0, 0.1) is 0 Å². The molecule has 0 fully saturated rings. The molecule has 3 aromatic heterocycles. The molecule has 4 aromatic rings. The van der Waals surface area contributed by atoms with Crippen molar-refractivity contribution in [2.75, 3.05) is 11.9 Å². The lowest BCUT2D eigenvalue weighted by Gasteiger charge is -2.07. The highest BCUT2D eigenvalue weighted by Crippen LogP contribution is 2.32. The molecule has 0 aliphatic heterocycles. The monoisotopic (exact) mass is 389 g/mol. The number of aromatic amines is 1. The van der Waals surface area contributed by atoms with E-state index in [0.717, 1.165) is 11.1 Å². The van der Waals surface area contributed by atoms with Crippen molar-refractivity contribution in [1.29, 1.82) is 0 Å². The lowest BCUT2D eigenvalue weighted by molar-refractivity contribution is 0.252. The molecule has 0 saturated carbocycles. The average molecular weight is 389 g/mol. The van der Waals surface area contributed by atoms with E-state index in [-0.39, 0.29) is 12.6 Å². The van der Waals surface area contributed by atoms with Crippen molar-refractivity contribution >= 4 is 23.0 Å². The van der Waals surface area contributed by atoms with E-state index in [1.807, 2.05) is 25.1 Å². The molecule has 9 nitrogen and oxygen atoms in total. The minimum absolute atomic E-state index is 0.0948. The van der Waals surface area contributed by atoms with Gasteiger partial charge in [0.2, 0.25) is 5.95 Å². The number of carbonyl (C=O) groups is 1. The van der Waals surface area contributed by atoms with Crippen LogP contribution in [0.1, 0.15) is 12.5 Å². The molecule has 0 unspecified atom stereocenters. The highest BCUT2D eigenvalue weighted by molar-refractivity contribution is 5.97. The highest BCUT2D eigenvalue weighted by Gasteiger charge is 2.15. The first-order chi connectivity index (χ1) is 14.2. The predicted octanol–water partition coefficient (Wildman–Crippen LogP) is 2.72. The number of nitrogens with one attached hydrogen (secondary N) is 3. The Morgan fingerprint density at radius 1 is 1.14 bits per heavy atom. The van der Waals surface area contributed by atoms with E-state index in [2.05, 4.69) is 35.6 Å². The Bertz CT molecular complexity index is 1160. The molecule has 0 atom stereocenters. The number of pyridine rings is 1. The molecule has 9 heteroatoms. The maximum Gasteiger partial charge on any atom is 0.321 e. The molecule has 2 amide bonds. The van der Waals surface area contributed by atoms with E-state index in [0.29, 0.717) is 40.5 Å². The lowest BCUT2D eigenvalue weighted by atomic mass is 10.0. The van der Waals surface area contributed by atoms with Crippen LogP contribution in [0.4, 0.5) is 10.7 Å². The first-order valence-electron chi connectivity index (χ1n) is 9.09. The van der Waals surface area contributed by atoms with Gasteiger partial charge in [0.1, 0.15) is 5.52 Å². The van der Waals surface area contributed by atoms with E-state index in [1.54, 1.807) is 30.9 Å². The minimum atomic E-state index is -0.343. The summed E-state index contributed by atoms with van der Waals surface area (Å²) in [5, 5.41) is 14.8. The van der Waals surface area contributed by atoms with Crippen LogP contribution in [0.2, 0.25) is 0 Å². The SMILES string of the molecule is CCNC(=O)Nc1nc2c(-c3ncccn3)cc(-c3cncc(CO)c3)cc2[nH]1. The van der Waals surface area contributed by atoms with Crippen molar-refractivity contribution in [3.63, 3.8) is 0 Å². The topological polar surface area (TPSA) is 129 Å². The summed E-state index contributed by atoms with van der Waals surface area (Å²) in [5.74, 6) is 0.837. The third-order valence-electron chi connectivity index (χ3n) is 4.27. The Morgan fingerprint density at radius 2 is 1.97 bits per heavy atom. The van der Waals surface area contributed by atoms with Crippen LogP contribution in [-0.2, 0) is 6.61 Å². The largest absolute Gasteiger partial charge is 0.392 e. The minimum Gasteiger partial charge on any atom is -0.392 e. The number of rotatable bonds is 5. The zero-order chi connectivity index (χ0) is 20.2. The molecule has 29 heavy (non-hydrogen) atoms. The van der Waals surface area contributed by atoms with E-state index in [4.69, 9.17) is 0 Å². The first-order valence-corrected chi connectivity index (χ1v) is 9.09. The number of fused-ring (bicyclic) bond motifs is 1. The standard InChI is InChI=1S/C20H19N7O2/c1-2-22-20(29)27-19-25-16-8-13(14-6-12(11-28)9-21-10-14)7-15(17(16)26-19)18-23-4-3-5-24-18/h3-10,28H,2,11H2,1H3,(H3,22,25,26,27,29). The number of aromatic nitrogens is 5. The second-order valence-corrected chi connectivity index (χ2v) is 6.30. The fourth-order valence-corrected chi connectivity index (χ4v) is 3.00. The lowest BCUT2D eigenvalue weighted by Crippen LogP contribution is -2.28. The van der Waals surface area contributed by atoms with Crippen molar-refractivity contribution in [3.05, 3.63) is 54.6 Å². The van der Waals surface area contributed by atoms with Crippen molar-refractivity contribution in [3.8, 4) is 22.5 Å². The third-order valence-corrected chi connectivity index (χ3v) is 4.27. The molecule has 146 valence electrons. The molecule has 0 saturated heterocycles. The number of aliphatic hydroxyl groups is 1. The zero-order valence-electron chi connectivity index (χ0n) is 15.7. The van der Waals surface area contributed by atoms with Crippen molar-refractivity contribution in [2.24, 2.45) is 0 Å². The van der Waals surface area contributed by atoms with Gasteiger partial charge in [0.25, 0.3) is 0 Å². The summed E-state index contributed by atoms with van der Waals surface area (Å²) in [6.07, 6.45) is 6.67. The molecule has 0 aliphatic carbocycles. The van der Waals surface area contributed by atoms with Gasteiger partial charge in [-0.3, -0.25) is 10.3 Å². The summed E-state index contributed by atoms with van der Waals surface area (Å²) in [4.78, 5) is 32.4. The van der Waals surface area contributed by atoms with Crippen LogP contribution in [0.15, 0.2) is 49.1 Å². The van der Waals surface area contributed by atoms with Crippen LogP contribution in [0.3, 0.4) is 0 Å². The summed E-state index contributed by atoms with van der Waals surface area (Å²) in [5.41, 5.74) is 4.47. The number of hydrogen-bond acceptors (Lipinski definition) is 6. The molecule has 3 heterocycles. The van der Waals surface area contributed by atoms with Gasteiger partial charge in [-0.1, -0.05) is 0 Å². The Hall–Kier alpha value is -3.85. The van der Waals surface area contributed by atoms with E-state index in [1.165, 1.54) is 0 Å². The molecule has 1 aromatic carbocycles. The molecule has 4 N–H and O–H groups in total. The summed E-state index contributed by atoms with van der Waals surface area (Å²) in [7, 11) is 0. The van der Waals surface area contributed by atoms with Gasteiger partial charge in [-0.15, -0.1) is 0 Å². The van der Waals surface area contributed by atoms with Crippen LogP contribution >= 0.6 is 0 Å². The summed E-state index contributed by atoms with van der Waals surface area (Å²) in [6.45, 7) is 2.25. The predicted molar refractivity (Wildman–Crippen MR) is 109 cm³/mol. The number of aliphatic hydroxyl groups excluding tert-OH is 1. The molecular weight excluding hydrogens is 370 g/mol. The van der Waals surface area contributed by atoms with E-state index in [9.17, 15) is 9.90 Å². The van der Waals surface area contributed by atoms with Gasteiger partial charge in [0.15, 0.2) is 5.82 Å². The fraction of sp³-hybridized carbons (Fsp3) is 0.150. The van der Waals surface area contributed by atoms with Crippen LogP contribution in [0.25, 0.3) is 33.5 Å². The van der Waals surface area contributed by atoms with Gasteiger partial charge in [-0.25, -0.2) is 19.7 Å². The summed E-state index contributed by atoms with van der Waals surface area (Å²) < 4.78 is 0. The summed E-state index contributed by atoms with van der Waals surface area (Å²) in [6, 6.07) is 7.10. The molecule has 0 spiro atoms. The molecular formula is C20H19N7O2. The van der Waals surface area contributed by atoms with Crippen molar-refractivity contribution in [1.82, 2.24) is 30.2 Å². The third kappa shape index (κ3) is 3.90. The maximum absolute atomic E-state index is 11.9. The number of anilines is 1. The van der Waals surface area contributed by atoms with Gasteiger partial charge in [-0.2, -0.15) is 0 Å². The normalized spacial score (nSPS) is 10.8. The van der Waals surface area contributed by atoms with Gasteiger partial charge in [0, 0.05) is 42.5 Å². The number of imidazole rings is 1. The number of H-pyrrole nitrogens is 1. The second-order valence-electron chi connectivity index (χ2n) is 6.30. The number of urea groups is 1. The second kappa shape index (κ2) is 8.03. The van der Waals surface area contributed by atoms with Gasteiger partial charge >= 0.3 is 6.03 Å². The first kappa shape index (κ1) is 18.5. The van der Waals surface area contributed by atoms with Crippen LogP contribution in [-0.4, -0.2) is 42.6 Å². The van der Waals surface area contributed by atoms with E-state index < -0.39 is 0 Å². The molecule has 4 rings (SSSR count). The van der Waals surface area contributed by atoms with Gasteiger partial charge in [0.05, 0.1) is 12.1 Å². The summed E-state index contributed by atoms with van der Waals surface area (Å²) >= 11 is 0. The number of nitrogens with zero attached hydrogens (tertiary/aromatic N) is 4. The number of carbonyl (C=O) groups excluding carboxylic acids is 1. The van der Waals surface area contributed by atoms with Gasteiger partial charge in [-0.05, 0) is 42.3 Å². The number of hydrogen-bond donors (Lipinski definition) is 4.